The molecule has 1 unspecified atom stereocenters. The van der Waals surface area contributed by atoms with Gasteiger partial charge in [0.15, 0.2) is 5.22 Å². The van der Waals surface area contributed by atoms with Gasteiger partial charge in [0, 0.05) is 25.9 Å². The molecule has 0 amide bonds. The average molecular weight is 226 g/mol. The van der Waals surface area contributed by atoms with Crippen molar-refractivity contribution in [3.8, 4) is 0 Å². The van der Waals surface area contributed by atoms with E-state index in [1.165, 1.54) is 0 Å². The zero-order valence-corrected chi connectivity index (χ0v) is 9.11. The van der Waals surface area contributed by atoms with Crippen LogP contribution in [0.15, 0.2) is 28.9 Å². The van der Waals surface area contributed by atoms with E-state index in [2.05, 4.69) is 4.98 Å². The number of halogens is 1. The van der Waals surface area contributed by atoms with Crippen LogP contribution in [-0.2, 0) is 13.5 Å². The van der Waals surface area contributed by atoms with Gasteiger partial charge in [-0.1, -0.05) is 0 Å². The molecule has 15 heavy (non-hydrogen) atoms. The number of rotatable bonds is 3. The molecule has 80 valence electrons. The SMILES string of the molecule is Cn1ccnc1CC(N)c1ccc(Cl)o1. The van der Waals surface area contributed by atoms with E-state index >= 15 is 0 Å². The molecular formula is C10H12ClN3O. The molecule has 2 aromatic rings. The molecule has 0 bridgehead atoms. The normalized spacial score (nSPS) is 13.0. The van der Waals surface area contributed by atoms with Crippen LogP contribution >= 0.6 is 11.6 Å². The second kappa shape index (κ2) is 4.08. The van der Waals surface area contributed by atoms with Crippen molar-refractivity contribution >= 4 is 11.6 Å². The van der Waals surface area contributed by atoms with E-state index < -0.39 is 0 Å². The zero-order chi connectivity index (χ0) is 10.8. The Morgan fingerprint density at radius 3 is 2.93 bits per heavy atom. The van der Waals surface area contributed by atoms with E-state index in [1.807, 2.05) is 17.8 Å². The summed E-state index contributed by atoms with van der Waals surface area (Å²) >= 11 is 5.67. The molecule has 2 heterocycles. The van der Waals surface area contributed by atoms with E-state index in [9.17, 15) is 0 Å². The second-order valence-electron chi connectivity index (χ2n) is 3.41. The summed E-state index contributed by atoms with van der Waals surface area (Å²) in [7, 11) is 1.93. The first-order valence-corrected chi connectivity index (χ1v) is 5.01. The molecule has 0 aliphatic carbocycles. The van der Waals surface area contributed by atoms with Crippen molar-refractivity contribution in [2.75, 3.05) is 0 Å². The lowest BCUT2D eigenvalue weighted by molar-refractivity contribution is 0.460. The maximum absolute atomic E-state index is 5.96. The minimum Gasteiger partial charge on any atom is -0.448 e. The van der Waals surface area contributed by atoms with Crippen LogP contribution in [0.5, 0.6) is 0 Å². The lowest BCUT2D eigenvalue weighted by Crippen LogP contribution is -2.15. The number of hydrogen-bond acceptors (Lipinski definition) is 3. The first-order chi connectivity index (χ1) is 7.16. The number of nitrogens with two attached hydrogens (primary N) is 1. The quantitative estimate of drug-likeness (QED) is 0.868. The van der Waals surface area contributed by atoms with Gasteiger partial charge in [-0.15, -0.1) is 0 Å². The number of aryl methyl sites for hydroxylation is 1. The van der Waals surface area contributed by atoms with E-state index in [-0.39, 0.29) is 6.04 Å². The van der Waals surface area contributed by atoms with E-state index in [0.717, 1.165) is 5.82 Å². The van der Waals surface area contributed by atoms with Crippen molar-refractivity contribution in [2.24, 2.45) is 12.8 Å². The summed E-state index contributed by atoms with van der Waals surface area (Å²) in [5.74, 6) is 1.61. The Hall–Kier alpha value is -1.26. The van der Waals surface area contributed by atoms with Crippen LogP contribution in [0.4, 0.5) is 0 Å². The minimum absolute atomic E-state index is 0.210. The molecule has 0 spiro atoms. The van der Waals surface area contributed by atoms with Gasteiger partial charge in [0.1, 0.15) is 11.6 Å². The van der Waals surface area contributed by atoms with Gasteiger partial charge in [-0.2, -0.15) is 0 Å². The first-order valence-electron chi connectivity index (χ1n) is 4.64. The molecule has 0 fully saturated rings. The number of furan rings is 1. The van der Waals surface area contributed by atoms with Gasteiger partial charge in [0.05, 0.1) is 6.04 Å². The Morgan fingerprint density at radius 2 is 2.40 bits per heavy atom. The van der Waals surface area contributed by atoms with Gasteiger partial charge in [-0.05, 0) is 23.7 Å². The lowest BCUT2D eigenvalue weighted by atomic mass is 10.1. The highest BCUT2D eigenvalue weighted by Crippen LogP contribution is 2.20. The molecular weight excluding hydrogens is 214 g/mol. The zero-order valence-electron chi connectivity index (χ0n) is 8.35. The molecule has 4 nitrogen and oxygen atoms in total. The fraction of sp³-hybridized carbons (Fsp3) is 0.300. The molecule has 0 aliphatic heterocycles. The van der Waals surface area contributed by atoms with Gasteiger partial charge < -0.3 is 14.7 Å². The Morgan fingerprint density at radius 1 is 1.60 bits per heavy atom. The van der Waals surface area contributed by atoms with Crippen molar-refractivity contribution in [3.05, 3.63) is 41.3 Å². The van der Waals surface area contributed by atoms with Crippen LogP contribution < -0.4 is 5.73 Å². The summed E-state index contributed by atoms with van der Waals surface area (Å²) in [4.78, 5) is 4.20. The van der Waals surface area contributed by atoms with Crippen LogP contribution in [0, 0.1) is 0 Å². The van der Waals surface area contributed by atoms with E-state index in [4.69, 9.17) is 21.8 Å². The summed E-state index contributed by atoms with van der Waals surface area (Å²) in [6.45, 7) is 0. The predicted octanol–water partition coefficient (Wildman–Crippen LogP) is 1.91. The molecule has 0 saturated carbocycles. The molecule has 0 saturated heterocycles. The number of imidazole rings is 1. The molecule has 1 atom stereocenters. The van der Waals surface area contributed by atoms with E-state index in [1.54, 1.807) is 18.3 Å². The third-order valence-corrected chi connectivity index (χ3v) is 2.49. The Kier molecular flexibility index (Phi) is 2.79. The van der Waals surface area contributed by atoms with Crippen LogP contribution in [-0.4, -0.2) is 9.55 Å². The standard InChI is InChI=1S/C10H12ClN3O/c1-14-5-4-13-10(14)6-7(12)8-2-3-9(11)15-8/h2-5,7H,6,12H2,1H3. The molecule has 5 heteroatoms. The third kappa shape index (κ3) is 2.22. The van der Waals surface area contributed by atoms with Crippen molar-refractivity contribution in [3.63, 3.8) is 0 Å². The maximum Gasteiger partial charge on any atom is 0.193 e. The molecule has 2 N–H and O–H groups in total. The third-order valence-electron chi connectivity index (χ3n) is 2.28. The monoisotopic (exact) mass is 225 g/mol. The smallest absolute Gasteiger partial charge is 0.193 e. The lowest BCUT2D eigenvalue weighted by Gasteiger charge is -2.08. The van der Waals surface area contributed by atoms with Crippen molar-refractivity contribution < 1.29 is 4.42 Å². The highest BCUT2D eigenvalue weighted by Gasteiger charge is 2.13. The second-order valence-corrected chi connectivity index (χ2v) is 3.78. The largest absolute Gasteiger partial charge is 0.448 e. The van der Waals surface area contributed by atoms with Gasteiger partial charge in [0.2, 0.25) is 0 Å². The van der Waals surface area contributed by atoms with Gasteiger partial charge in [-0.25, -0.2) is 4.98 Å². The molecule has 2 aromatic heterocycles. The molecule has 0 radical (unpaired) electrons. The van der Waals surface area contributed by atoms with E-state index in [0.29, 0.717) is 17.4 Å². The number of nitrogens with zero attached hydrogens (tertiary/aromatic N) is 2. The van der Waals surface area contributed by atoms with Crippen LogP contribution in [0.2, 0.25) is 5.22 Å². The Balaban J connectivity index is 2.10. The summed E-state index contributed by atoms with van der Waals surface area (Å²) in [6.07, 6.45) is 4.27. The van der Waals surface area contributed by atoms with Crippen LogP contribution in [0.25, 0.3) is 0 Å². The highest BCUT2D eigenvalue weighted by molar-refractivity contribution is 6.28. The molecule has 0 aliphatic rings. The van der Waals surface area contributed by atoms with Gasteiger partial charge in [-0.3, -0.25) is 0 Å². The predicted molar refractivity (Wildman–Crippen MR) is 57.6 cm³/mol. The van der Waals surface area contributed by atoms with Gasteiger partial charge in [0.25, 0.3) is 0 Å². The summed E-state index contributed by atoms with van der Waals surface area (Å²) in [6, 6.07) is 3.27. The number of aromatic nitrogens is 2. The molecule has 2 rings (SSSR count). The van der Waals surface area contributed by atoms with Crippen molar-refractivity contribution in [1.29, 1.82) is 0 Å². The van der Waals surface area contributed by atoms with Gasteiger partial charge >= 0.3 is 0 Å². The topological polar surface area (TPSA) is 57.0 Å². The minimum atomic E-state index is -0.210. The number of hydrogen-bond donors (Lipinski definition) is 1. The summed E-state index contributed by atoms with van der Waals surface area (Å²) < 4.78 is 7.17. The Labute approximate surface area is 92.7 Å². The summed E-state index contributed by atoms with van der Waals surface area (Å²) in [5, 5.41) is 0.361. The van der Waals surface area contributed by atoms with Crippen molar-refractivity contribution in [1.82, 2.24) is 9.55 Å². The van der Waals surface area contributed by atoms with Crippen molar-refractivity contribution in [2.45, 2.75) is 12.5 Å². The average Bonchev–Trinajstić information content (AvgIpc) is 2.77. The Bertz CT molecular complexity index is 449. The first kappa shape index (κ1) is 10.3. The van der Waals surface area contributed by atoms with Crippen LogP contribution in [0.3, 0.4) is 0 Å². The fourth-order valence-electron chi connectivity index (χ4n) is 1.42. The van der Waals surface area contributed by atoms with Crippen LogP contribution in [0.1, 0.15) is 17.6 Å². The summed E-state index contributed by atoms with van der Waals surface area (Å²) in [5.41, 5.74) is 5.96. The highest BCUT2D eigenvalue weighted by atomic mass is 35.5. The maximum atomic E-state index is 5.96. The molecule has 0 aromatic carbocycles. The fourth-order valence-corrected chi connectivity index (χ4v) is 1.57.